The van der Waals surface area contributed by atoms with Crippen molar-refractivity contribution in [2.75, 3.05) is 26.9 Å². The zero-order valence-corrected chi connectivity index (χ0v) is 11.1. The largest absolute Gasteiger partial charge is 0.382 e. The summed E-state index contributed by atoms with van der Waals surface area (Å²) in [5.74, 6) is 0. The first-order valence-electron chi connectivity index (χ1n) is 5.60. The van der Waals surface area contributed by atoms with Crippen LogP contribution in [0.4, 0.5) is 0 Å². The monoisotopic (exact) mass is 218 g/mol. The van der Waals surface area contributed by atoms with Gasteiger partial charge >= 0.3 is 0 Å². The van der Waals surface area contributed by atoms with Crippen LogP contribution in [0.3, 0.4) is 0 Å². The standard InChI is InChI=1S/C12H26O3/c1-7-14-9-8-11(2,3)15-10-12(4,5)13-6/h7-10H2,1-6H3. The average molecular weight is 218 g/mol. The molecule has 0 bridgehead atoms. The SMILES string of the molecule is CCOCCC(C)(C)OCC(C)(C)OC. The van der Waals surface area contributed by atoms with Gasteiger partial charge in [-0.1, -0.05) is 0 Å². The molecule has 3 nitrogen and oxygen atoms in total. The molecule has 92 valence electrons. The van der Waals surface area contributed by atoms with Crippen LogP contribution in [0.5, 0.6) is 0 Å². The molecule has 0 rings (SSSR count). The highest BCUT2D eigenvalue weighted by molar-refractivity contribution is 4.73. The van der Waals surface area contributed by atoms with E-state index in [9.17, 15) is 0 Å². The van der Waals surface area contributed by atoms with E-state index in [2.05, 4.69) is 13.8 Å². The van der Waals surface area contributed by atoms with Crippen LogP contribution in [-0.4, -0.2) is 38.1 Å². The smallest absolute Gasteiger partial charge is 0.0855 e. The van der Waals surface area contributed by atoms with Gasteiger partial charge in [0.15, 0.2) is 0 Å². The van der Waals surface area contributed by atoms with E-state index in [-0.39, 0.29) is 11.2 Å². The summed E-state index contributed by atoms with van der Waals surface area (Å²) in [4.78, 5) is 0. The maximum absolute atomic E-state index is 5.83. The van der Waals surface area contributed by atoms with Crippen LogP contribution in [0.25, 0.3) is 0 Å². The minimum absolute atomic E-state index is 0.148. The highest BCUT2D eigenvalue weighted by atomic mass is 16.5. The first-order valence-corrected chi connectivity index (χ1v) is 5.60. The van der Waals surface area contributed by atoms with Crippen LogP contribution in [0.2, 0.25) is 0 Å². The molecule has 0 aliphatic rings. The van der Waals surface area contributed by atoms with Crippen molar-refractivity contribution in [3.05, 3.63) is 0 Å². The molecular formula is C12H26O3. The van der Waals surface area contributed by atoms with Crippen molar-refractivity contribution in [2.24, 2.45) is 0 Å². The molecule has 0 unspecified atom stereocenters. The summed E-state index contributed by atoms with van der Waals surface area (Å²) in [6.07, 6.45) is 0.903. The molecule has 0 spiro atoms. The minimum atomic E-state index is -0.219. The lowest BCUT2D eigenvalue weighted by Gasteiger charge is -2.31. The maximum atomic E-state index is 5.83. The third-order valence-corrected chi connectivity index (χ3v) is 2.42. The Morgan fingerprint density at radius 2 is 1.60 bits per heavy atom. The van der Waals surface area contributed by atoms with Crippen molar-refractivity contribution in [3.63, 3.8) is 0 Å². The Balaban J connectivity index is 3.82. The van der Waals surface area contributed by atoms with Crippen molar-refractivity contribution in [1.82, 2.24) is 0 Å². The quantitative estimate of drug-likeness (QED) is 0.586. The van der Waals surface area contributed by atoms with Crippen LogP contribution in [0.15, 0.2) is 0 Å². The molecule has 0 fully saturated rings. The van der Waals surface area contributed by atoms with Crippen molar-refractivity contribution in [1.29, 1.82) is 0 Å². The molecule has 0 N–H and O–H groups in total. The van der Waals surface area contributed by atoms with Gasteiger partial charge in [0.05, 0.1) is 17.8 Å². The van der Waals surface area contributed by atoms with E-state index in [4.69, 9.17) is 14.2 Å². The van der Waals surface area contributed by atoms with E-state index in [0.717, 1.165) is 19.6 Å². The molecule has 15 heavy (non-hydrogen) atoms. The Bertz CT molecular complexity index is 164. The molecule has 0 saturated carbocycles. The molecule has 0 aromatic heterocycles. The number of rotatable bonds is 8. The number of hydrogen-bond acceptors (Lipinski definition) is 3. The average Bonchev–Trinajstić information content (AvgIpc) is 2.16. The lowest BCUT2D eigenvalue weighted by Crippen LogP contribution is -2.36. The van der Waals surface area contributed by atoms with Crippen LogP contribution in [0, 0.1) is 0 Å². The van der Waals surface area contributed by atoms with E-state index in [1.807, 2.05) is 20.8 Å². The summed E-state index contributed by atoms with van der Waals surface area (Å²) >= 11 is 0. The second kappa shape index (κ2) is 6.46. The highest BCUT2D eigenvalue weighted by Crippen LogP contribution is 2.18. The second-order valence-electron chi connectivity index (χ2n) is 4.96. The van der Waals surface area contributed by atoms with Gasteiger partial charge in [-0.25, -0.2) is 0 Å². The van der Waals surface area contributed by atoms with Gasteiger partial charge in [0.1, 0.15) is 0 Å². The fourth-order valence-electron chi connectivity index (χ4n) is 0.963. The first-order chi connectivity index (χ1) is 6.83. The van der Waals surface area contributed by atoms with Gasteiger partial charge in [0, 0.05) is 20.3 Å². The van der Waals surface area contributed by atoms with Gasteiger partial charge in [0.2, 0.25) is 0 Å². The predicted octanol–water partition coefficient (Wildman–Crippen LogP) is 2.63. The van der Waals surface area contributed by atoms with Gasteiger partial charge in [-0.3, -0.25) is 0 Å². The van der Waals surface area contributed by atoms with E-state index in [1.54, 1.807) is 7.11 Å². The van der Waals surface area contributed by atoms with Gasteiger partial charge in [-0.05, 0) is 41.0 Å². The molecule has 0 amide bonds. The highest BCUT2D eigenvalue weighted by Gasteiger charge is 2.24. The van der Waals surface area contributed by atoms with Crippen molar-refractivity contribution < 1.29 is 14.2 Å². The molecular weight excluding hydrogens is 192 g/mol. The summed E-state index contributed by atoms with van der Waals surface area (Å²) in [6, 6.07) is 0. The summed E-state index contributed by atoms with van der Waals surface area (Å²) in [7, 11) is 1.70. The van der Waals surface area contributed by atoms with E-state index >= 15 is 0 Å². The fraction of sp³-hybridized carbons (Fsp3) is 1.00. The maximum Gasteiger partial charge on any atom is 0.0855 e. The number of hydrogen-bond donors (Lipinski definition) is 0. The zero-order chi connectivity index (χ0) is 11.9. The Labute approximate surface area is 94.1 Å². The predicted molar refractivity (Wildman–Crippen MR) is 62.2 cm³/mol. The third-order valence-electron chi connectivity index (χ3n) is 2.42. The van der Waals surface area contributed by atoms with E-state index in [1.165, 1.54) is 0 Å². The van der Waals surface area contributed by atoms with Gasteiger partial charge in [-0.15, -0.1) is 0 Å². The lowest BCUT2D eigenvalue weighted by molar-refractivity contribution is -0.114. The van der Waals surface area contributed by atoms with Gasteiger partial charge < -0.3 is 14.2 Å². The third kappa shape index (κ3) is 7.77. The molecule has 0 saturated heterocycles. The molecule has 3 heteroatoms. The van der Waals surface area contributed by atoms with Crippen molar-refractivity contribution >= 4 is 0 Å². The second-order valence-corrected chi connectivity index (χ2v) is 4.96. The minimum Gasteiger partial charge on any atom is -0.382 e. The molecule has 0 atom stereocenters. The van der Waals surface area contributed by atoms with Gasteiger partial charge in [-0.2, -0.15) is 0 Å². The summed E-state index contributed by atoms with van der Waals surface area (Å²) in [5.41, 5.74) is -0.367. The van der Waals surface area contributed by atoms with Crippen molar-refractivity contribution in [2.45, 2.75) is 52.2 Å². The van der Waals surface area contributed by atoms with Crippen LogP contribution in [-0.2, 0) is 14.2 Å². The van der Waals surface area contributed by atoms with Crippen molar-refractivity contribution in [3.8, 4) is 0 Å². The Hall–Kier alpha value is -0.120. The number of ether oxygens (including phenoxy) is 3. The van der Waals surface area contributed by atoms with Crippen LogP contribution < -0.4 is 0 Å². The summed E-state index contributed by atoms with van der Waals surface area (Å²) in [6.45, 7) is 12.3. The zero-order valence-electron chi connectivity index (χ0n) is 11.1. The molecule has 0 aliphatic heterocycles. The Kier molecular flexibility index (Phi) is 6.41. The summed E-state index contributed by atoms with van der Waals surface area (Å²) < 4.78 is 16.4. The summed E-state index contributed by atoms with van der Waals surface area (Å²) in [5, 5.41) is 0. The molecule has 0 aliphatic carbocycles. The normalized spacial score (nSPS) is 13.2. The Morgan fingerprint density at radius 3 is 2.07 bits per heavy atom. The van der Waals surface area contributed by atoms with E-state index < -0.39 is 0 Å². The molecule has 0 radical (unpaired) electrons. The van der Waals surface area contributed by atoms with E-state index in [0.29, 0.717) is 6.61 Å². The first kappa shape index (κ1) is 14.9. The topological polar surface area (TPSA) is 27.7 Å². The fourth-order valence-corrected chi connectivity index (χ4v) is 0.963. The van der Waals surface area contributed by atoms with Gasteiger partial charge in [0.25, 0.3) is 0 Å². The number of methoxy groups -OCH3 is 1. The Morgan fingerprint density at radius 1 is 1.00 bits per heavy atom. The molecule has 0 aromatic carbocycles. The molecule has 0 heterocycles. The molecule has 0 aromatic rings. The van der Waals surface area contributed by atoms with Crippen LogP contribution >= 0.6 is 0 Å². The van der Waals surface area contributed by atoms with Crippen LogP contribution in [0.1, 0.15) is 41.0 Å². The lowest BCUT2D eigenvalue weighted by atomic mass is 10.0.